The fourth-order valence-corrected chi connectivity index (χ4v) is 6.07. The van der Waals surface area contributed by atoms with Crippen molar-refractivity contribution in [3.05, 3.63) is 29.8 Å². The van der Waals surface area contributed by atoms with Gasteiger partial charge in [0, 0.05) is 37.3 Å². The number of piperidine rings is 1. The second-order valence-corrected chi connectivity index (χ2v) is 9.52. The number of hydrogen-bond acceptors (Lipinski definition) is 4. The topological polar surface area (TPSA) is 69.7 Å². The molecule has 1 N–H and O–H groups in total. The Labute approximate surface area is 155 Å². The average Bonchev–Trinajstić information content (AvgIpc) is 2.94. The van der Waals surface area contributed by atoms with Gasteiger partial charge in [-0.15, -0.1) is 0 Å². The van der Waals surface area contributed by atoms with E-state index in [1.54, 1.807) is 28.6 Å². The summed E-state index contributed by atoms with van der Waals surface area (Å²) in [7, 11) is -3.52. The normalized spacial score (nSPS) is 27.3. The molecular weight excluding hydrogens is 350 g/mol. The minimum Gasteiger partial charge on any atom is -0.331 e. The van der Waals surface area contributed by atoms with Crippen molar-refractivity contribution in [1.29, 1.82) is 0 Å². The molecule has 6 nitrogen and oxygen atoms in total. The predicted octanol–water partition coefficient (Wildman–Crippen LogP) is 1.83. The Morgan fingerprint density at radius 3 is 2.62 bits per heavy atom. The lowest BCUT2D eigenvalue weighted by molar-refractivity contribution is 0.0680. The number of fused-ring (bicyclic) bond motifs is 2. The highest BCUT2D eigenvalue weighted by molar-refractivity contribution is 7.89. The van der Waals surface area contributed by atoms with Crippen molar-refractivity contribution in [1.82, 2.24) is 14.5 Å². The monoisotopic (exact) mass is 377 g/mol. The maximum Gasteiger partial charge on any atom is 0.254 e. The third-order valence-electron chi connectivity index (χ3n) is 5.92. The first-order valence-corrected chi connectivity index (χ1v) is 11.1. The number of hydrogen-bond donors (Lipinski definition) is 1. The lowest BCUT2D eigenvalue weighted by Gasteiger charge is -2.28. The van der Waals surface area contributed by atoms with E-state index >= 15 is 0 Å². The molecule has 0 saturated carbocycles. The zero-order valence-corrected chi connectivity index (χ0v) is 15.9. The molecule has 1 aromatic carbocycles. The van der Waals surface area contributed by atoms with Crippen molar-refractivity contribution in [2.24, 2.45) is 0 Å². The summed E-state index contributed by atoms with van der Waals surface area (Å²) >= 11 is 0. The van der Waals surface area contributed by atoms with E-state index in [4.69, 9.17) is 0 Å². The van der Waals surface area contributed by atoms with E-state index in [1.165, 1.54) is 0 Å². The molecule has 26 heavy (non-hydrogen) atoms. The number of amides is 1. The van der Waals surface area contributed by atoms with Crippen molar-refractivity contribution in [3.8, 4) is 0 Å². The minimum absolute atomic E-state index is 0.0307. The molecule has 3 aliphatic heterocycles. The van der Waals surface area contributed by atoms with Gasteiger partial charge in [0.1, 0.15) is 0 Å². The van der Waals surface area contributed by atoms with Crippen molar-refractivity contribution in [2.45, 2.75) is 55.5 Å². The fourth-order valence-electron chi connectivity index (χ4n) is 4.51. The van der Waals surface area contributed by atoms with Crippen LogP contribution in [0.25, 0.3) is 0 Å². The third-order valence-corrected chi connectivity index (χ3v) is 7.82. The molecule has 3 heterocycles. The van der Waals surface area contributed by atoms with Gasteiger partial charge in [0.05, 0.1) is 4.90 Å². The van der Waals surface area contributed by atoms with Crippen molar-refractivity contribution >= 4 is 15.9 Å². The largest absolute Gasteiger partial charge is 0.331 e. The number of carbonyl (C=O) groups is 1. The van der Waals surface area contributed by atoms with Gasteiger partial charge in [0.25, 0.3) is 5.91 Å². The number of nitrogens with one attached hydrogen (secondary N) is 1. The van der Waals surface area contributed by atoms with E-state index in [0.29, 0.717) is 18.7 Å². The van der Waals surface area contributed by atoms with E-state index < -0.39 is 10.0 Å². The highest BCUT2D eigenvalue weighted by Crippen LogP contribution is 2.30. The van der Waals surface area contributed by atoms with Crippen LogP contribution in [0, 0.1) is 0 Å². The van der Waals surface area contributed by atoms with E-state index in [1.807, 2.05) is 4.90 Å². The second-order valence-electron chi connectivity index (χ2n) is 7.58. The molecule has 142 valence electrons. The summed E-state index contributed by atoms with van der Waals surface area (Å²) in [5.41, 5.74) is 0.488. The van der Waals surface area contributed by atoms with Crippen LogP contribution in [0.1, 0.15) is 48.9 Å². The maximum absolute atomic E-state index is 13.2. The van der Waals surface area contributed by atoms with E-state index in [2.05, 4.69) is 5.32 Å². The molecule has 0 radical (unpaired) electrons. The molecule has 4 rings (SSSR count). The van der Waals surface area contributed by atoms with Gasteiger partial charge in [-0.2, -0.15) is 4.31 Å². The lowest BCUT2D eigenvalue weighted by atomic mass is 10.1. The molecule has 7 heteroatoms. The summed E-state index contributed by atoms with van der Waals surface area (Å²) in [5.74, 6) is -0.0307. The highest BCUT2D eigenvalue weighted by atomic mass is 32.2. The molecule has 1 aromatic rings. The maximum atomic E-state index is 13.2. The van der Waals surface area contributed by atoms with Crippen LogP contribution in [0.5, 0.6) is 0 Å². The summed E-state index contributed by atoms with van der Waals surface area (Å²) < 4.78 is 27.4. The fraction of sp³-hybridized carbons (Fsp3) is 0.632. The highest BCUT2D eigenvalue weighted by Gasteiger charge is 2.38. The number of nitrogens with zero attached hydrogens (tertiary/aromatic N) is 2. The van der Waals surface area contributed by atoms with Crippen LogP contribution >= 0.6 is 0 Å². The van der Waals surface area contributed by atoms with Gasteiger partial charge < -0.3 is 10.2 Å². The van der Waals surface area contributed by atoms with Gasteiger partial charge in [0.2, 0.25) is 10.0 Å². The molecular formula is C19H27N3O3S. The van der Waals surface area contributed by atoms with Crippen LogP contribution in [0.3, 0.4) is 0 Å². The number of benzene rings is 1. The minimum atomic E-state index is -3.52. The van der Waals surface area contributed by atoms with Gasteiger partial charge in [-0.25, -0.2) is 8.42 Å². The quantitative estimate of drug-likeness (QED) is 0.872. The second kappa shape index (κ2) is 7.29. The summed E-state index contributed by atoms with van der Waals surface area (Å²) in [5, 5.41) is 3.40. The van der Waals surface area contributed by atoms with Crippen LogP contribution in [0.2, 0.25) is 0 Å². The number of sulfonamides is 1. The van der Waals surface area contributed by atoms with Gasteiger partial charge in [-0.05, 0) is 56.8 Å². The van der Waals surface area contributed by atoms with Crippen LogP contribution in [-0.4, -0.2) is 61.8 Å². The number of rotatable bonds is 3. The molecule has 3 fully saturated rings. The Balaban J connectivity index is 1.60. The predicted molar refractivity (Wildman–Crippen MR) is 99.5 cm³/mol. The summed E-state index contributed by atoms with van der Waals surface area (Å²) in [6, 6.07) is 7.11. The molecule has 2 bridgehead atoms. The Hall–Kier alpha value is -1.44. The van der Waals surface area contributed by atoms with E-state index in [-0.39, 0.29) is 22.9 Å². The van der Waals surface area contributed by atoms with Crippen LogP contribution in [0.15, 0.2) is 29.2 Å². The van der Waals surface area contributed by atoms with Gasteiger partial charge in [0.15, 0.2) is 0 Å². The van der Waals surface area contributed by atoms with Crippen molar-refractivity contribution in [3.63, 3.8) is 0 Å². The SMILES string of the molecule is O=C(c1cccc(S(=O)(=O)N2CCCCC2)c1)N1C2CCNCC1CC2. The summed E-state index contributed by atoms with van der Waals surface area (Å²) in [4.78, 5) is 15.4. The Kier molecular flexibility index (Phi) is 5.03. The van der Waals surface area contributed by atoms with Crippen molar-refractivity contribution < 1.29 is 13.2 Å². The smallest absolute Gasteiger partial charge is 0.254 e. The average molecular weight is 378 g/mol. The molecule has 3 aliphatic rings. The van der Waals surface area contributed by atoms with E-state index in [9.17, 15) is 13.2 Å². The number of carbonyl (C=O) groups excluding carboxylic acids is 1. The van der Waals surface area contributed by atoms with Gasteiger partial charge >= 0.3 is 0 Å². The molecule has 1 amide bonds. The van der Waals surface area contributed by atoms with Crippen LogP contribution in [-0.2, 0) is 10.0 Å². The molecule has 0 aromatic heterocycles. The van der Waals surface area contributed by atoms with Crippen LogP contribution < -0.4 is 5.32 Å². The van der Waals surface area contributed by atoms with Crippen molar-refractivity contribution in [2.75, 3.05) is 26.2 Å². The van der Waals surface area contributed by atoms with E-state index in [0.717, 1.165) is 51.6 Å². The molecule has 0 aliphatic carbocycles. The zero-order valence-electron chi connectivity index (χ0n) is 15.1. The van der Waals surface area contributed by atoms with Crippen LogP contribution in [0.4, 0.5) is 0 Å². The zero-order chi connectivity index (χ0) is 18.1. The first kappa shape index (κ1) is 17.9. The Morgan fingerprint density at radius 1 is 1.04 bits per heavy atom. The Morgan fingerprint density at radius 2 is 1.81 bits per heavy atom. The molecule has 3 saturated heterocycles. The van der Waals surface area contributed by atoms with Gasteiger partial charge in [-0.1, -0.05) is 12.5 Å². The first-order chi connectivity index (χ1) is 12.6. The molecule has 2 unspecified atom stereocenters. The summed E-state index contributed by atoms with van der Waals surface area (Å²) in [6.07, 6.45) is 5.92. The lowest BCUT2D eigenvalue weighted by Crippen LogP contribution is -2.42. The standard InChI is InChI=1S/C19H27N3O3S/c23-19(22-16-7-8-17(22)14-20-10-9-16)15-5-4-6-18(13-15)26(24,25)21-11-2-1-3-12-21/h4-6,13,16-17,20H,1-3,7-12,14H2. The van der Waals surface area contributed by atoms with Gasteiger partial charge in [-0.3, -0.25) is 4.79 Å². The Bertz CT molecular complexity index is 760. The first-order valence-electron chi connectivity index (χ1n) is 9.71. The molecule has 2 atom stereocenters. The summed E-state index contributed by atoms with van der Waals surface area (Å²) in [6.45, 7) is 2.91. The third kappa shape index (κ3) is 3.28. The molecule has 0 spiro atoms.